The summed E-state index contributed by atoms with van der Waals surface area (Å²) in [6.45, 7) is 4.14. The molecular weight excluding hydrogens is 250 g/mol. The second-order valence-corrected chi connectivity index (χ2v) is 6.84. The van der Waals surface area contributed by atoms with Gasteiger partial charge < -0.3 is 10.0 Å². The lowest BCUT2D eigenvalue weighted by atomic mass is 9.82. The molecule has 2 atom stereocenters. The Morgan fingerprint density at radius 2 is 1.78 bits per heavy atom. The molecule has 1 aliphatic heterocycles. The van der Waals surface area contributed by atoms with E-state index in [1.807, 2.05) is 6.92 Å². The summed E-state index contributed by atoms with van der Waals surface area (Å²) in [7, 11) is 0. The first-order chi connectivity index (χ1) is 8.50. The van der Waals surface area contributed by atoms with Crippen LogP contribution in [0.1, 0.15) is 39.5 Å². The van der Waals surface area contributed by atoms with E-state index in [1.165, 1.54) is 0 Å². The Kier molecular flexibility index (Phi) is 4.20. The Hall–Kier alpha value is -0.710. The fourth-order valence-corrected chi connectivity index (χ4v) is 4.06. The zero-order chi connectivity index (χ0) is 13.3. The van der Waals surface area contributed by atoms with Gasteiger partial charge in [0.2, 0.25) is 5.91 Å². The van der Waals surface area contributed by atoms with Crippen LogP contribution in [-0.4, -0.2) is 39.1 Å². The maximum absolute atomic E-state index is 12.5. The predicted octanol–water partition coefficient (Wildman–Crippen LogP) is 2.19. The number of hydrogen-bond donors (Lipinski definition) is 1. The Morgan fingerprint density at radius 1 is 1.17 bits per heavy atom. The van der Waals surface area contributed by atoms with E-state index >= 15 is 0 Å². The summed E-state index contributed by atoms with van der Waals surface area (Å²) in [6, 6.07) is -0.628. The molecule has 0 spiro atoms. The number of carbonyl (C=O) groups excluding carboxylic acids is 1. The molecular formula is C13H21NO3S. The molecule has 1 saturated carbocycles. The summed E-state index contributed by atoms with van der Waals surface area (Å²) < 4.78 is 0. The molecule has 1 saturated heterocycles. The zero-order valence-electron chi connectivity index (χ0n) is 11.0. The Bertz CT molecular complexity index is 339. The second-order valence-electron chi connectivity index (χ2n) is 5.49. The van der Waals surface area contributed by atoms with E-state index in [2.05, 4.69) is 6.92 Å². The monoisotopic (exact) mass is 271 g/mol. The van der Waals surface area contributed by atoms with Gasteiger partial charge in [-0.25, -0.2) is 4.79 Å². The van der Waals surface area contributed by atoms with Gasteiger partial charge in [0.15, 0.2) is 0 Å². The number of hydrogen-bond acceptors (Lipinski definition) is 3. The number of thioether (sulfide) groups is 1. The molecule has 5 heteroatoms. The quantitative estimate of drug-likeness (QED) is 0.836. The van der Waals surface area contributed by atoms with Crippen molar-refractivity contribution in [1.82, 2.24) is 4.90 Å². The van der Waals surface area contributed by atoms with Crippen LogP contribution >= 0.6 is 11.8 Å². The zero-order valence-corrected chi connectivity index (χ0v) is 11.8. The molecule has 1 aliphatic carbocycles. The van der Waals surface area contributed by atoms with Crippen LogP contribution in [-0.2, 0) is 9.59 Å². The van der Waals surface area contributed by atoms with Gasteiger partial charge in [-0.15, -0.1) is 11.8 Å². The Labute approximate surface area is 112 Å². The van der Waals surface area contributed by atoms with Crippen molar-refractivity contribution in [2.45, 2.75) is 50.9 Å². The molecule has 0 radical (unpaired) electrons. The van der Waals surface area contributed by atoms with Gasteiger partial charge in [0, 0.05) is 11.7 Å². The third-order valence-corrected chi connectivity index (χ3v) is 5.35. The summed E-state index contributed by atoms with van der Waals surface area (Å²) in [5.41, 5.74) is 0. The van der Waals surface area contributed by atoms with E-state index in [-0.39, 0.29) is 17.2 Å². The molecule has 2 fully saturated rings. The van der Waals surface area contributed by atoms with Crippen LogP contribution in [0, 0.1) is 11.8 Å². The average Bonchev–Trinajstić information content (AvgIpc) is 2.71. The molecule has 0 aromatic rings. The van der Waals surface area contributed by atoms with Crippen molar-refractivity contribution in [3.05, 3.63) is 0 Å². The smallest absolute Gasteiger partial charge is 0.327 e. The van der Waals surface area contributed by atoms with E-state index in [0.29, 0.717) is 11.7 Å². The topological polar surface area (TPSA) is 57.6 Å². The van der Waals surface area contributed by atoms with Gasteiger partial charge in [0.05, 0.1) is 5.37 Å². The number of carbonyl (C=O) groups is 2. The van der Waals surface area contributed by atoms with Gasteiger partial charge in [0.1, 0.15) is 6.04 Å². The van der Waals surface area contributed by atoms with E-state index in [1.54, 1.807) is 16.7 Å². The summed E-state index contributed by atoms with van der Waals surface area (Å²) in [5, 5.41) is 9.18. The standard InChI is InChI=1S/C13H21NO3S/c1-8-3-5-10(6-4-8)12(15)14-9(2)18-7-11(14)13(16)17/h8-11H,3-7H2,1-2H3,(H,16,17). The highest BCUT2D eigenvalue weighted by molar-refractivity contribution is 8.00. The maximum atomic E-state index is 12.5. The van der Waals surface area contributed by atoms with Crippen molar-refractivity contribution in [3.63, 3.8) is 0 Å². The van der Waals surface area contributed by atoms with Gasteiger partial charge in [-0.3, -0.25) is 4.79 Å². The highest BCUT2D eigenvalue weighted by atomic mass is 32.2. The van der Waals surface area contributed by atoms with Crippen LogP contribution in [0.15, 0.2) is 0 Å². The Morgan fingerprint density at radius 3 is 2.33 bits per heavy atom. The van der Waals surface area contributed by atoms with E-state index in [0.717, 1.165) is 25.7 Å². The molecule has 0 aromatic heterocycles. The van der Waals surface area contributed by atoms with E-state index in [4.69, 9.17) is 0 Å². The van der Waals surface area contributed by atoms with Crippen molar-refractivity contribution in [3.8, 4) is 0 Å². The summed E-state index contributed by atoms with van der Waals surface area (Å²) in [4.78, 5) is 25.3. The highest BCUT2D eigenvalue weighted by Gasteiger charge is 2.42. The van der Waals surface area contributed by atoms with Crippen molar-refractivity contribution in [1.29, 1.82) is 0 Å². The normalized spacial score (nSPS) is 36.7. The SMILES string of the molecule is CC1CCC(C(=O)N2C(C)SCC2C(=O)O)CC1. The average molecular weight is 271 g/mol. The molecule has 2 aliphatic rings. The van der Waals surface area contributed by atoms with Crippen molar-refractivity contribution in [2.24, 2.45) is 11.8 Å². The number of nitrogens with zero attached hydrogens (tertiary/aromatic N) is 1. The van der Waals surface area contributed by atoms with Gasteiger partial charge in [-0.1, -0.05) is 6.92 Å². The molecule has 1 amide bonds. The molecule has 1 heterocycles. The number of rotatable bonds is 2. The van der Waals surface area contributed by atoms with Crippen molar-refractivity contribution in [2.75, 3.05) is 5.75 Å². The number of carboxylic acids is 1. The minimum absolute atomic E-state index is 0.00190. The molecule has 2 rings (SSSR count). The molecule has 18 heavy (non-hydrogen) atoms. The van der Waals surface area contributed by atoms with Crippen LogP contribution in [0.3, 0.4) is 0 Å². The first-order valence-electron chi connectivity index (χ1n) is 6.67. The third kappa shape index (κ3) is 2.66. The van der Waals surface area contributed by atoms with Crippen molar-refractivity contribution >= 4 is 23.6 Å². The molecule has 1 N–H and O–H groups in total. The minimum atomic E-state index is -0.871. The summed E-state index contributed by atoms with van der Waals surface area (Å²) in [6.07, 6.45) is 4.01. The lowest BCUT2D eigenvalue weighted by molar-refractivity contribution is -0.151. The fourth-order valence-electron chi connectivity index (χ4n) is 2.89. The molecule has 0 aromatic carbocycles. The molecule has 0 bridgehead atoms. The van der Waals surface area contributed by atoms with Crippen LogP contribution < -0.4 is 0 Å². The summed E-state index contributed by atoms with van der Waals surface area (Å²) >= 11 is 1.56. The fraction of sp³-hybridized carbons (Fsp3) is 0.846. The number of carboxylic acid groups (broad SMARTS) is 1. The maximum Gasteiger partial charge on any atom is 0.327 e. The van der Waals surface area contributed by atoms with Crippen LogP contribution in [0.25, 0.3) is 0 Å². The van der Waals surface area contributed by atoms with Crippen molar-refractivity contribution < 1.29 is 14.7 Å². The first kappa shape index (κ1) is 13.7. The van der Waals surface area contributed by atoms with Crippen LogP contribution in [0.4, 0.5) is 0 Å². The van der Waals surface area contributed by atoms with E-state index in [9.17, 15) is 14.7 Å². The van der Waals surface area contributed by atoms with Gasteiger partial charge >= 0.3 is 5.97 Å². The van der Waals surface area contributed by atoms with Gasteiger partial charge in [0.25, 0.3) is 0 Å². The van der Waals surface area contributed by atoms with Gasteiger partial charge in [-0.05, 0) is 38.5 Å². The molecule has 2 unspecified atom stereocenters. The third-order valence-electron chi connectivity index (χ3n) is 4.13. The highest BCUT2D eigenvalue weighted by Crippen LogP contribution is 2.35. The van der Waals surface area contributed by atoms with Crippen LogP contribution in [0.2, 0.25) is 0 Å². The van der Waals surface area contributed by atoms with E-state index < -0.39 is 12.0 Å². The Balaban J connectivity index is 2.04. The number of amides is 1. The number of aliphatic carboxylic acids is 1. The molecule has 102 valence electrons. The minimum Gasteiger partial charge on any atom is -0.480 e. The molecule has 4 nitrogen and oxygen atoms in total. The van der Waals surface area contributed by atoms with Gasteiger partial charge in [-0.2, -0.15) is 0 Å². The lowest BCUT2D eigenvalue weighted by Crippen LogP contribution is -2.47. The summed E-state index contributed by atoms with van der Waals surface area (Å²) in [5.74, 6) is 0.459. The lowest BCUT2D eigenvalue weighted by Gasteiger charge is -2.32. The second kappa shape index (κ2) is 5.51. The van der Waals surface area contributed by atoms with Crippen LogP contribution in [0.5, 0.6) is 0 Å². The first-order valence-corrected chi connectivity index (χ1v) is 7.72. The predicted molar refractivity (Wildman–Crippen MR) is 71.3 cm³/mol. The largest absolute Gasteiger partial charge is 0.480 e.